The van der Waals surface area contributed by atoms with Crippen molar-refractivity contribution in [1.29, 1.82) is 0 Å². The van der Waals surface area contributed by atoms with E-state index in [-0.39, 0.29) is 5.91 Å². The zero-order valence-corrected chi connectivity index (χ0v) is 17.4. The molecule has 0 bridgehead atoms. The average molecular weight is 402 g/mol. The Hall–Kier alpha value is -3.28. The van der Waals surface area contributed by atoms with E-state index in [0.29, 0.717) is 24.7 Å². The van der Waals surface area contributed by atoms with E-state index in [1.807, 2.05) is 30.0 Å². The second kappa shape index (κ2) is 9.03. The first-order valence-electron chi connectivity index (χ1n) is 10.3. The van der Waals surface area contributed by atoms with Gasteiger partial charge in [0.15, 0.2) is 0 Å². The molecule has 1 aliphatic rings. The van der Waals surface area contributed by atoms with Gasteiger partial charge in [-0.05, 0) is 49.1 Å². The van der Waals surface area contributed by atoms with E-state index in [1.165, 1.54) is 17.3 Å². The zero-order chi connectivity index (χ0) is 20.9. The summed E-state index contributed by atoms with van der Waals surface area (Å²) in [6.45, 7) is 3.46. The van der Waals surface area contributed by atoms with E-state index in [0.717, 1.165) is 36.4 Å². The molecule has 4 rings (SSSR count). The third kappa shape index (κ3) is 4.48. The number of hydrogen-bond acceptors (Lipinski definition) is 5. The van der Waals surface area contributed by atoms with E-state index in [4.69, 9.17) is 9.72 Å². The molecule has 6 nitrogen and oxygen atoms in total. The predicted molar refractivity (Wildman–Crippen MR) is 115 cm³/mol. The molecule has 0 radical (unpaired) electrons. The zero-order valence-electron chi connectivity index (χ0n) is 17.4. The second-order valence-corrected chi connectivity index (χ2v) is 7.69. The molecule has 0 saturated carbocycles. The van der Waals surface area contributed by atoms with Crippen LogP contribution in [0.3, 0.4) is 0 Å². The fourth-order valence-corrected chi connectivity index (χ4v) is 4.10. The summed E-state index contributed by atoms with van der Waals surface area (Å²) >= 11 is 0. The first kappa shape index (κ1) is 20.0. The molecule has 0 spiro atoms. The molecule has 0 atom stereocenters. The Kier molecular flexibility index (Phi) is 6.02. The highest BCUT2D eigenvalue weighted by atomic mass is 16.5. The van der Waals surface area contributed by atoms with Crippen LogP contribution in [0.5, 0.6) is 5.75 Å². The summed E-state index contributed by atoms with van der Waals surface area (Å²) in [5, 5.41) is 0. The summed E-state index contributed by atoms with van der Waals surface area (Å²) in [5.74, 6) is 1.21. The lowest BCUT2D eigenvalue weighted by molar-refractivity contribution is 0.0705. The van der Waals surface area contributed by atoms with Crippen LogP contribution in [0.25, 0.3) is 0 Å². The Balaban J connectivity index is 1.46. The van der Waals surface area contributed by atoms with Gasteiger partial charge in [0.1, 0.15) is 11.4 Å². The minimum atomic E-state index is -0.0457. The summed E-state index contributed by atoms with van der Waals surface area (Å²) in [6.07, 6.45) is 7.27. The lowest BCUT2D eigenvalue weighted by Crippen LogP contribution is -2.38. The lowest BCUT2D eigenvalue weighted by Gasteiger charge is -2.31. The maximum absolute atomic E-state index is 12.6. The molecule has 0 unspecified atom stereocenters. The minimum absolute atomic E-state index is 0.0457. The maximum atomic E-state index is 12.6. The van der Waals surface area contributed by atoms with Crippen LogP contribution >= 0.6 is 0 Å². The Morgan fingerprint density at radius 3 is 2.70 bits per heavy atom. The minimum Gasteiger partial charge on any atom is -0.496 e. The smallest absolute Gasteiger partial charge is 0.274 e. The van der Waals surface area contributed by atoms with Crippen LogP contribution < -0.4 is 4.74 Å². The molecule has 0 N–H and O–H groups in total. The van der Waals surface area contributed by atoms with Crippen molar-refractivity contribution >= 4 is 5.91 Å². The summed E-state index contributed by atoms with van der Waals surface area (Å²) in [7, 11) is 1.71. The second-order valence-electron chi connectivity index (χ2n) is 7.69. The number of carbonyl (C=O) groups excluding carboxylic acids is 1. The van der Waals surface area contributed by atoms with Crippen LogP contribution in [-0.4, -0.2) is 46.0 Å². The number of carbonyl (C=O) groups is 1. The molecule has 1 fully saturated rings. The summed E-state index contributed by atoms with van der Waals surface area (Å²) in [4.78, 5) is 27.4. The standard InChI is InChI=1S/C24H26N4O2/c1-17-13-18(14-20-5-3-4-6-23(20)30-2)15-21(27-17)19-7-11-28(12-8-19)24(29)22-16-25-9-10-26-22/h3-6,9-10,13,15-16,19H,7-8,11-12,14H2,1-2H3. The molecule has 1 saturated heterocycles. The molecule has 30 heavy (non-hydrogen) atoms. The average Bonchev–Trinajstić information content (AvgIpc) is 2.79. The number of piperidine rings is 1. The number of likely N-dealkylation sites (tertiary alicyclic amines) is 1. The van der Waals surface area contributed by atoms with Crippen LogP contribution in [0, 0.1) is 6.92 Å². The number of pyridine rings is 1. The van der Waals surface area contributed by atoms with Crippen LogP contribution in [0.15, 0.2) is 55.0 Å². The van der Waals surface area contributed by atoms with E-state index >= 15 is 0 Å². The number of hydrogen-bond donors (Lipinski definition) is 0. The van der Waals surface area contributed by atoms with Crippen LogP contribution in [-0.2, 0) is 6.42 Å². The number of para-hydroxylation sites is 1. The van der Waals surface area contributed by atoms with Gasteiger partial charge in [-0.1, -0.05) is 18.2 Å². The predicted octanol–water partition coefficient (Wildman–Crippen LogP) is 3.80. The Bertz CT molecular complexity index is 1010. The van der Waals surface area contributed by atoms with Gasteiger partial charge in [0, 0.05) is 49.2 Å². The third-order valence-electron chi connectivity index (χ3n) is 5.60. The van der Waals surface area contributed by atoms with Crippen LogP contribution in [0.1, 0.15) is 51.8 Å². The normalized spacial score (nSPS) is 14.5. The quantitative estimate of drug-likeness (QED) is 0.649. The van der Waals surface area contributed by atoms with Crippen LogP contribution in [0.4, 0.5) is 0 Å². The molecule has 154 valence electrons. The lowest BCUT2D eigenvalue weighted by atomic mass is 9.91. The number of aryl methyl sites for hydroxylation is 1. The molecule has 2 aromatic heterocycles. The number of amides is 1. The fraction of sp³-hybridized carbons (Fsp3) is 0.333. The first-order valence-corrected chi connectivity index (χ1v) is 10.3. The fourth-order valence-electron chi connectivity index (χ4n) is 4.10. The van der Waals surface area contributed by atoms with Crippen molar-refractivity contribution in [3.05, 3.63) is 83.2 Å². The van der Waals surface area contributed by atoms with Gasteiger partial charge < -0.3 is 9.64 Å². The van der Waals surface area contributed by atoms with E-state index in [9.17, 15) is 4.79 Å². The van der Waals surface area contributed by atoms with Crippen molar-refractivity contribution < 1.29 is 9.53 Å². The van der Waals surface area contributed by atoms with Crippen molar-refractivity contribution in [1.82, 2.24) is 19.9 Å². The summed E-state index contributed by atoms with van der Waals surface area (Å²) in [6, 6.07) is 12.5. The molecule has 3 aromatic rings. The van der Waals surface area contributed by atoms with Crippen LogP contribution in [0.2, 0.25) is 0 Å². The van der Waals surface area contributed by atoms with Gasteiger partial charge >= 0.3 is 0 Å². The van der Waals surface area contributed by atoms with Gasteiger partial charge in [0.05, 0.1) is 13.3 Å². The van der Waals surface area contributed by atoms with E-state index in [1.54, 1.807) is 19.5 Å². The molecule has 1 aromatic carbocycles. The maximum Gasteiger partial charge on any atom is 0.274 e. The summed E-state index contributed by atoms with van der Waals surface area (Å²) in [5.41, 5.74) is 4.95. The topological polar surface area (TPSA) is 68.2 Å². The Morgan fingerprint density at radius 1 is 1.17 bits per heavy atom. The monoisotopic (exact) mass is 402 g/mol. The Morgan fingerprint density at radius 2 is 1.97 bits per heavy atom. The largest absolute Gasteiger partial charge is 0.496 e. The molecule has 1 aliphatic heterocycles. The SMILES string of the molecule is COc1ccccc1Cc1cc(C)nc(C2CCN(C(=O)c3cnccn3)CC2)c1. The number of methoxy groups -OCH3 is 1. The van der Waals surface area contributed by atoms with Crippen molar-refractivity contribution in [3.8, 4) is 5.75 Å². The van der Waals surface area contributed by atoms with Gasteiger partial charge in [-0.25, -0.2) is 4.98 Å². The van der Waals surface area contributed by atoms with Gasteiger partial charge in [-0.3, -0.25) is 14.8 Å². The molecule has 6 heteroatoms. The molecular weight excluding hydrogens is 376 g/mol. The first-order chi connectivity index (χ1) is 14.6. The molecule has 3 heterocycles. The Labute approximate surface area is 177 Å². The number of ether oxygens (including phenoxy) is 1. The molecular formula is C24H26N4O2. The highest BCUT2D eigenvalue weighted by molar-refractivity contribution is 5.92. The molecule has 1 amide bonds. The van der Waals surface area contributed by atoms with Crippen molar-refractivity contribution in [3.63, 3.8) is 0 Å². The van der Waals surface area contributed by atoms with Gasteiger partial charge in [-0.15, -0.1) is 0 Å². The highest BCUT2D eigenvalue weighted by Crippen LogP contribution is 2.29. The van der Waals surface area contributed by atoms with Gasteiger partial charge in [-0.2, -0.15) is 0 Å². The van der Waals surface area contributed by atoms with E-state index < -0.39 is 0 Å². The summed E-state index contributed by atoms with van der Waals surface area (Å²) < 4.78 is 5.50. The van der Waals surface area contributed by atoms with E-state index in [2.05, 4.69) is 28.2 Å². The number of rotatable bonds is 5. The third-order valence-corrected chi connectivity index (χ3v) is 5.60. The van der Waals surface area contributed by atoms with Gasteiger partial charge in [0.25, 0.3) is 5.91 Å². The number of aromatic nitrogens is 3. The molecule has 0 aliphatic carbocycles. The van der Waals surface area contributed by atoms with Crippen molar-refractivity contribution in [2.45, 2.75) is 32.1 Å². The van der Waals surface area contributed by atoms with Gasteiger partial charge in [0.2, 0.25) is 0 Å². The number of nitrogens with zero attached hydrogens (tertiary/aromatic N) is 4. The highest BCUT2D eigenvalue weighted by Gasteiger charge is 2.26. The number of benzene rings is 1. The van der Waals surface area contributed by atoms with Crippen molar-refractivity contribution in [2.24, 2.45) is 0 Å². The van der Waals surface area contributed by atoms with Crippen molar-refractivity contribution in [2.75, 3.05) is 20.2 Å².